The highest BCUT2D eigenvalue weighted by Crippen LogP contribution is 2.23. The first-order valence-corrected chi connectivity index (χ1v) is 6.34. The van der Waals surface area contributed by atoms with Crippen LogP contribution in [0.4, 0.5) is 0 Å². The number of rotatable bonds is 2. The lowest BCUT2D eigenvalue weighted by atomic mass is 10.2. The monoisotopic (exact) mass is 243 g/mol. The topological polar surface area (TPSA) is 66.5 Å². The van der Waals surface area contributed by atoms with Gasteiger partial charge in [0.05, 0.1) is 11.7 Å². The minimum absolute atomic E-state index is 0.295. The van der Waals surface area contributed by atoms with Crippen molar-refractivity contribution in [2.24, 2.45) is 0 Å². The van der Waals surface area contributed by atoms with E-state index in [1.807, 2.05) is 26.0 Å². The lowest BCUT2D eigenvalue weighted by Gasteiger charge is -2.10. The van der Waals surface area contributed by atoms with Gasteiger partial charge in [-0.05, 0) is 45.4 Å². The molecule has 0 spiro atoms. The number of aryl methyl sites for hydroxylation is 2. The predicted molar refractivity (Wildman–Crippen MR) is 69.1 cm³/mol. The third-order valence-electron chi connectivity index (χ3n) is 3.21. The van der Waals surface area contributed by atoms with Gasteiger partial charge in [-0.3, -0.25) is 5.10 Å². The molecule has 2 aromatic heterocycles. The molecule has 0 aromatic carbocycles. The minimum Gasteiger partial charge on any atom is -0.307 e. The Morgan fingerprint density at radius 2 is 2.06 bits per heavy atom. The highest BCUT2D eigenvalue weighted by atomic mass is 15.1. The zero-order valence-electron chi connectivity index (χ0n) is 10.7. The molecule has 0 bridgehead atoms. The highest BCUT2D eigenvalue weighted by molar-refractivity contribution is 5.54. The molecule has 1 atom stereocenters. The molecular formula is C13H17N5. The first kappa shape index (κ1) is 11.3. The number of nitrogens with zero attached hydrogens (tertiary/aromatic N) is 3. The van der Waals surface area contributed by atoms with Gasteiger partial charge in [-0.15, -0.1) is 0 Å². The smallest absolute Gasteiger partial charge is 0.146 e. The summed E-state index contributed by atoms with van der Waals surface area (Å²) in [6.07, 6.45) is 2.31. The van der Waals surface area contributed by atoms with Crippen LogP contribution in [0.2, 0.25) is 0 Å². The minimum atomic E-state index is 0.295. The van der Waals surface area contributed by atoms with Crippen LogP contribution in [0.15, 0.2) is 12.1 Å². The third kappa shape index (κ3) is 2.13. The van der Waals surface area contributed by atoms with E-state index in [4.69, 9.17) is 0 Å². The summed E-state index contributed by atoms with van der Waals surface area (Å²) in [5, 5.41) is 10.6. The van der Waals surface area contributed by atoms with E-state index in [-0.39, 0.29) is 0 Å². The molecule has 3 heterocycles. The van der Waals surface area contributed by atoms with E-state index in [0.717, 1.165) is 41.6 Å². The van der Waals surface area contributed by atoms with E-state index in [1.165, 1.54) is 6.42 Å². The zero-order valence-corrected chi connectivity index (χ0v) is 10.7. The Hall–Kier alpha value is -1.75. The van der Waals surface area contributed by atoms with Crippen LogP contribution in [-0.2, 0) is 0 Å². The molecule has 94 valence electrons. The number of H-pyrrole nitrogens is 1. The first-order valence-electron chi connectivity index (χ1n) is 6.34. The summed E-state index contributed by atoms with van der Waals surface area (Å²) in [5.41, 5.74) is 3.82. The Kier molecular flexibility index (Phi) is 2.83. The van der Waals surface area contributed by atoms with Gasteiger partial charge in [0.1, 0.15) is 11.5 Å². The average molecular weight is 243 g/mol. The maximum absolute atomic E-state index is 4.64. The fourth-order valence-corrected chi connectivity index (χ4v) is 2.33. The maximum Gasteiger partial charge on any atom is 0.146 e. The van der Waals surface area contributed by atoms with Gasteiger partial charge in [0.15, 0.2) is 0 Å². The van der Waals surface area contributed by atoms with Crippen LogP contribution in [0.25, 0.3) is 11.4 Å². The van der Waals surface area contributed by atoms with Gasteiger partial charge in [0, 0.05) is 11.4 Å². The second kappa shape index (κ2) is 4.49. The quantitative estimate of drug-likeness (QED) is 0.845. The number of aromatic amines is 1. The van der Waals surface area contributed by atoms with E-state index in [2.05, 4.69) is 25.5 Å². The van der Waals surface area contributed by atoms with E-state index < -0.39 is 0 Å². The third-order valence-corrected chi connectivity index (χ3v) is 3.21. The molecule has 0 unspecified atom stereocenters. The van der Waals surface area contributed by atoms with Crippen LogP contribution >= 0.6 is 0 Å². The second-order valence-corrected chi connectivity index (χ2v) is 4.84. The van der Waals surface area contributed by atoms with Crippen molar-refractivity contribution in [2.75, 3.05) is 6.54 Å². The number of nitrogens with one attached hydrogen (secondary N) is 2. The summed E-state index contributed by atoms with van der Waals surface area (Å²) in [7, 11) is 0. The molecule has 1 aliphatic heterocycles. The molecule has 18 heavy (non-hydrogen) atoms. The van der Waals surface area contributed by atoms with Crippen molar-refractivity contribution >= 4 is 0 Å². The standard InChI is InChI=1S/C13H17N5/c1-8-6-11(12-7-9(2)17-18-12)16-13(15-8)10-4-3-5-14-10/h6-7,10,14H,3-5H2,1-2H3,(H,17,18)/t10-/m0/s1. The predicted octanol–water partition coefficient (Wildman–Crippen LogP) is 1.91. The SMILES string of the molecule is Cc1cc(-c2cc(C)[nH]n2)nc([C@@H]2CCCN2)n1. The van der Waals surface area contributed by atoms with Gasteiger partial charge in [-0.2, -0.15) is 5.10 Å². The van der Waals surface area contributed by atoms with Crippen LogP contribution < -0.4 is 5.32 Å². The molecular weight excluding hydrogens is 226 g/mol. The Bertz CT molecular complexity index is 554. The van der Waals surface area contributed by atoms with Crippen LogP contribution in [-0.4, -0.2) is 26.7 Å². The largest absolute Gasteiger partial charge is 0.307 e. The first-order chi connectivity index (χ1) is 8.72. The summed E-state index contributed by atoms with van der Waals surface area (Å²) >= 11 is 0. The van der Waals surface area contributed by atoms with Gasteiger partial charge < -0.3 is 5.32 Å². The normalized spacial score (nSPS) is 19.3. The van der Waals surface area contributed by atoms with Crippen LogP contribution in [0.1, 0.15) is 36.1 Å². The molecule has 0 radical (unpaired) electrons. The molecule has 3 rings (SSSR count). The molecule has 5 nitrogen and oxygen atoms in total. The Morgan fingerprint density at radius 1 is 1.17 bits per heavy atom. The maximum atomic E-state index is 4.64. The van der Waals surface area contributed by atoms with E-state index in [1.54, 1.807) is 0 Å². The lowest BCUT2D eigenvalue weighted by molar-refractivity contribution is 0.603. The van der Waals surface area contributed by atoms with Crippen LogP contribution in [0.3, 0.4) is 0 Å². The molecule has 0 saturated carbocycles. The summed E-state index contributed by atoms with van der Waals surface area (Å²) in [4.78, 5) is 9.18. The molecule has 0 amide bonds. The fourth-order valence-electron chi connectivity index (χ4n) is 2.33. The van der Waals surface area contributed by atoms with Gasteiger partial charge >= 0.3 is 0 Å². The van der Waals surface area contributed by atoms with Gasteiger partial charge in [0.25, 0.3) is 0 Å². The van der Waals surface area contributed by atoms with Gasteiger partial charge in [-0.25, -0.2) is 9.97 Å². The number of hydrogen-bond acceptors (Lipinski definition) is 4. The van der Waals surface area contributed by atoms with Crippen LogP contribution in [0, 0.1) is 13.8 Å². The average Bonchev–Trinajstić information content (AvgIpc) is 2.98. The van der Waals surface area contributed by atoms with E-state index >= 15 is 0 Å². The molecule has 2 N–H and O–H groups in total. The van der Waals surface area contributed by atoms with E-state index in [0.29, 0.717) is 6.04 Å². The van der Waals surface area contributed by atoms with Crippen molar-refractivity contribution in [1.29, 1.82) is 0 Å². The van der Waals surface area contributed by atoms with Crippen molar-refractivity contribution in [1.82, 2.24) is 25.5 Å². The van der Waals surface area contributed by atoms with Crippen LogP contribution in [0.5, 0.6) is 0 Å². The molecule has 1 fully saturated rings. The van der Waals surface area contributed by atoms with Crippen molar-refractivity contribution in [2.45, 2.75) is 32.7 Å². The van der Waals surface area contributed by atoms with E-state index in [9.17, 15) is 0 Å². The molecule has 2 aromatic rings. The summed E-state index contributed by atoms with van der Waals surface area (Å²) in [6, 6.07) is 4.28. The highest BCUT2D eigenvalue weighted by Gasteiger charge is 2.20. The van der Waals surface area contributed by atoms with Crippen molar-refractivity contribution in [3.63, 3.8) is 0 Å². The Balaban J connectivity index is 1.99. The van der Waals surface area contributed by atoms with Gasteiger partial charge in [0.2, 0.25) is 0 Å². The molecule has 1 aliphatic rings. The molecule has 5 heteroatoms. The summed E-state index contributed by atoms with van der Waals surface area (Å²) in [5.74, 6) is 0.892. The second-order valence-electron chi connectivity index (χ2n) is 4.84. The fraction of sp³-hybridized carbons (Fsp3) is 0.462. The number of aromatic nitrogens is 4. The Morgan fingerprint density at radius 3 is 2.72 bits per heavy atom. The summed E-state index contributed by atoms with van der Waals surface area (Å²) in [6.45, 7) is 5.05. The molecule has 0 aliphatic carbocycles. The van der Waals surface area contributed by atoms with Crippen molar-refractivity contribution in [3.8, 4) is 11.4 Å². The van der Waals surface area contributed by atoms with Gasteiger partial charge in [-0.1, -0.05) is 0 Å². The summed E-state index contributed by atoms with van der Waals surface area (Å²) < 4.78 is 0. The molecule has 1 saturated heterocycles. The Labute approximate surface area is 106 Å². The lowest BCUT2D eigenvalue weighted by Crippen LogP contribution is -2.16. The number of hydrogen-bond donors (Lipinski definition) is 2. The zero-order chi connectivity index (χ0) is 12.5. The van der Waals surface area contributed by atoms with Crippen molar-refractivity contribution in [3.05, 3.63) is 29.3 Å². The van der Waals surface area contributed by atoms with Crippen molar-refractivity contribution < 1.29 is 0 Å².